The van der Waals surface area contributed by atoms with Crippen molar-refractivity contribution < 1.29 is 0 Å². The Morgan fingerprint density at radius 1 is 1.07 bits per heavy atom. The summed E-state index contributed by atoms with van der Waals surface area (Å²) in [4.78, 5) is 2.60. The fourth-order valence-electron chi connectivity index (χ4n) is 2.21. The maximum absolute atomic E-state index is 3.55. The molecule has 1 atom stereocenters. The second kappa shape index (κ2) is 9.17. The Balaban J connectivity index is 4.08. The van der Waals surface area contributed by atoms with Crippen molar-refractivity contribution in [1.29, 1.82) is 0 Å². The monoisotopic (exact) mass is 214 g/mol. The zero-order valence-corrected chi connectivity index (χ0v) is 11.3. The van der Waals surface area contributed by atoms with Crippen LogP contribution in [-0.2, 0) is 0 Å². The van der Waals surface area contributed by atoms with E-state index in [4.69, 9.17) is 0 Å². The van der Waals surface area contributed by atoms with Crippen molar-refractivity contribution >= 4 is 0 Å². The number of rotatable bonds is 9. The van der Waals surface area contributed by atoms with Gasteiger partial charge < -0.3 is 5.32 Å². The summed E-state index contributed by atoms with van der Waals surface area (Å²) < 4.78 is 0. The van der Waals surface area contributed by atoms with Gasteiger partial charge >= 0.3 is 0 Å². The van der Waals surface area contributed by atoms with Gasteiger partial charge in [0, 0.05) is 18.6 Å². The summed E-state index contributed by atoms with van der Waals surface area (Å²) in [6.45, 7) is 14.8. The van der Waals surface area contributed by atoms with E-state index in [1.165, 1.54) is 19.3 Å². The van der Waals surface area contributed by atoms with E-state index in [-0.39, 0.29) is 0 Å². The molecule has 2 heteroatoms. The summed E-state index contributed by atoms with van der Waals surface area (Å²) in [5.74, 6) is 0. The predicted molar refractivity (Wildman–Crippen MR) is 69.4 cm³/mol. The molecule has 0 fully saturated rings. The molecule has 0 aromatic carbocycles. The maximum Gasteiger partial charge on any atom is 0.0223 e. The molecule has 15 heavy (non-hydrogen) atoms. The molecule has 0 heterocycles. The van der Waals surface area contributed by atoms with E-state index >= 15 is 0 Å². The van der Waals surface area contributed by atoms with E-state index in [2.05, 4.69) is 44.8 Å². The van der Waals surface area contributed by atoms with Crippen molar-refractivity contribution in [3.63, 3.8) is 0 Å². The van der Waals surface area contributed by atoms with Crippen molar-refractivity contribution in [3.05, 3.63) is 0 Å². The highest BCUT2D eigenvalue weighted by Gasteiger charge is 2.17. The lowest BCUT2D eigenvalue weighted by Crippen LogP contribution is -2.45. The molecule has 2 nitrogen and oxygen atoms in total. The zero-order chi connectivity index (χ0) is 11.7. The number of hydrogen-bond acceptors (Lipinski definition) is 2. The van der Waals surface area contributed by atoms with E-state index in [0.717, 1.165) is 19.6 Å². The molecule has 0 bridgehead atoms. The van der Waals surface area contributed by atoms with Crippen LogP contribution in [-0.4, -0.2) is 36.6 Å². The average molecular weight is 214 g/mol. The van der Waals surface area contributed by atoms with Gasteiger partial charge in [-0.25, -0.2) is 0 Å². The highest BCUT2D eigenvalue weighted by Crippen LogP contribution is 2.10. The van der Waals surface area contributed by atoms with Gasteiger partial charge in [0.1, 0.15) is 0 Å². The molecular weight excluding hydrogens is 184 g/mol. The summed E-state index contributed by atoms with van der Waals surface area (Å²) in [6.07, 6.45) is 3.82. The largest absolute Gasteiger partial charge is 0.315 e. The molecule has 0 spiro atoms. The first-order valence-electron chi connectivity index (χ1n) is 6.63. The molecule has 0 saturated heterocycles. The summed E-state index contributed by atoms with van der Waals surface area (Å²) in [6, 6.07) is 1.38. The number of nitrogens with zero attached hydrogens (tertiary/aromatic N) is 1. The third kappa shape index (κ3) is 6.16. The smallest absolute Gasteiger partial charge is 0.0223 e. The first-order chi connectivity index (χ1) is 7.17. The first kappa shape index (κ1) is 14.9. The third-order valence-corrected chi connectivity index (χ3v) is 2.93. The second-order valence-electron chi connectivity index (χ2n) is 4.57. The lowest BCUT2D eigenvalue weighted by Gasteiger charge is -2.34. The van der Waals surface area contributed by atoms with E-state index in [0.29, 0.717) is 12.1 Å². The van der Waals surface area contributed by atoms with Crippen LogP contribution in [0.15, 0.2) is 0 Å². The summed E-state index contributed by atoms with van der Waals surface area (Å²) in [5, 5.41) is 3.55. The van der Waals surface area contributed by atoms with Crippen LogP contribution in [0.25, 0.3) is 0 Å². The minimum absolute atomic E-state index is 0.662. The van der Waals surface area contributed by atoms with Gasteiger partial charge in [0.2, 0.25) is 0 Å². The Morgan fingerprint density at radius 2 is 1.73 bits per heavy atom. The van der Waals surface area contributed by atoms with Crippen molar-refractivity contribution in [1.82, 2.24) is 10.2 Å². The molecule has 0 aromatic heterocycles. The van der Waals surface area contributed by atoms with Gasteiger partial charge in [-0.1, -0.05) is 27.2 Å². The first-order valence-corrected chi connectivity index (χ1v) is 6.63. The Kier molecular flexibility index (Phi) is 9.12. The van der Waals surface area contributed by atoms with Gasteiger partial charge in [-0.15, -0.1) is 0 Å². The number of nitrogens with one attached hydrogen (secondary N) is 1. The number of likely N-dealkylation sites (N-methyl/N-ethyl adjacent to an activating group) is 1. The molecule has 0 aliphatic rings. The predicted octanol–water partition coefficient (Wildman–Crippen LogP) is 2.89. The molecule has 0 aromatic rings. The lowest BCUT2D eigenvalue weighted by molar-refractivity contribution is 0.150. The third-order valence-electron chi connectivity index (χ3n) is 2.93. The van der Waals surface area contributed by atoms with Gasteiger partial charge in [0.25, 0.3) is 0 Å². The fraction of sp³-hybridized carbons (Fsp3) is 1.00. The van der Waals surface area contributed by atoms with Crippen LogP contribution in [0, 0.1) is 0 Å². The van der Waals surface area contributed by atoms with Crippen molar-refractivity contribution in [2.24, 2.45) is 0 Å². The molecule has 0 aliphatic heterocycles. The zero-order valence-electron chi connectivity index (χ0n) is 11.3. The Morgan fingerprint density at radius 3 is 2.13 bits per heavy atom. The van der Waals surface area contributed by atoms with Gasteiger partial charge in [0.05, 0.1) is 0 Å². The molecule has 0 radical (unpaired) electrons. The summed E-state index contributed by atoms with van der Waals surface area (Å²) >= 11 is 0. The molecule has 1 N–H and O–H groups in total. The molecule has 0 amide bonds. The van der Waals surface area contributed by atoms with Crippen LogP contribution in [0.3, 0.4) is 0 Å². The van der Waals surface area contributed by atoms with Crippen LogP contribution < -0.4 is 5.32 Å². The Hall–Kier alpha value is -0.0800. The van der Waals surface area contributed by atoms with E-state index in [9.17, 15) is 0 Å². The molecule has 0 saturated carbocycles. The normalized spacial score (nSPS) is 13.8. The van der Waals surface area contributed by atoms with Gasteiger partial charge in [-0.05, 0) is 39.8 Å². The highest BCUT2D eigenvalue weighted by atomic mass is 15.2. The van der Waals surface area contributed by atoms with Crippen LogP contribution in [0.5, 0.6) is 0 Å². The van der Waals surface area contributed by atoms with Crippen LogP contribution >= 0.6 is 0 Å². The SMILES string of the molecule is CCCNCC(CCC)N(CC)C(C)C. The molecular formula is C13H30N2. The standard InChI is InChI=1S/C13H30N2/c1-6-9-13(11-14-10-7-2)15(8-3)12(4)5/h12-14H,6-11H2,1-5H3. The quantitative estimate of drug-likeness (QED) is 0.594. The van der Waals surface area contributed by atoms with Crippen molar-refractivity contribution in [2.75, 3.05) is 19.6 Å². The van der Waals surface area contributed by atoms with Crippen LogP contribution in [0.4, 0.5) is 0 Å². The van der Waals surface area contributed by atoms with E-state index in [1.807, 2.05) is 0 Å². The average Bonchev–Trinajstić information content (AvgIpc) is 2.18. The maximum atomic E-state index is 3.55. The summed E-state index contributed by atoms with van der Waals surface area (Å²) in [5.41, 5.74) is 0. The van der Waals surface area contributed by atoms with E-state index in [1.54, 1.807) is 0 Å². The van der Waals surface area contributed by atoms with Gasteiger partial charge in [-0.3, -0.25) is 4.90 Å². The Bertz CT molecular complexity index is 134. The van der Waals surface area contributed by atoms with E-state index < -0.39 is 0 Å². The second-order valence-corrected chi connectivity index (χ2v) is 4.57. The van der Waals surface area contributed by atoms with Crippen LogP contribution in [0.2, 0.25) is 0 Å². The fourth-order valence-corrected chi connectivity index (χ4v) is 2.21. The molecule has 92 valence electrons. The molecule has 1 unspecified atom stereocenters. The van der Waals surface area contributed by atoms with Crippen LogP contribution in [0.1, 0.15) is 53.9 Å². The Labute approximate surface area is 96.4 Å². The molecule has 0 rings (SSSR count). The molecule has 0 aliphatic carbocycles. The topological polar surface area (TPSA) is 15.3 Å². The summed E-state index contributed by atoms with van der Waals surface area (Å²) in [7, 11) is 0. The van der Waals surface area contributed by atoms with Crippen molar-refractivity contribution in [3.8, 4) is 0 Å². The van der Waals surface area contributed by atoms with Gasteiger partial charge in [-0.2, -0.15) is 0 Å². The minimum Gasteiger partial charge on any atom is -0.315 e. The highest BCUT2D eigenvalue weighted by molar-refractivity contribution is 4.75. The minimum atomic E-state index is 0.662. The number of hydrogen-bond donors (Lipinski definition) is 1. The lowest BCUT2D eigenvalue weighted by atomic mass is 10.1. The van der Waals surface area contributed by atoms with Gasteiger partial charge in [0.15, 0.2) is 0 Å². The van der Waals surface area contributed by atoms with Crippen molar-refractivity contribution in [2.45, 2.75) is 66.0 Å².